The molecule has 0 bridgehead atoms. The van der Waals surface area contributed by atoms with Crippen LogP contribution in [0.15, 0.2) is 22.7 Å². The number of carbonyl (C=O) groups is 1. The van der Waals surface area contributed by atoms with Crippen LogP contribution in [0, 0.1) is 0 Å². The molecule has 1 aliphatic heterocycles. The molecule has 0 aliphatic carbocycles. The quantitative estimate of drug-likeness (QED) is 0.858. The van der Waals surface area contributed by atoms with Crippen molar-refractivity contribution in [3.63, 3.8) is 0 Å². The highest BCUT2D eigenvalue weighted by Crippen LogP contribution is 2.21. The Kier molecular flexibility index (Phi) is 6.43. The van der Waals surface area contributed by atoms with Crippen molar-refractivity contribution in [2.45, 2.75) is 18.9 Å². The van der Waals surface area contributed by atoms with Crippen LogP contribution in [0.4, 0.5) is 0 Å². The smallest absolute Gasteiger partial charge is 0.252 e. The number of piperidine rings is 1. The first kappa shape index (κ1) is 15.8. The Morgan fingerprint density at radius 3 is 2.94 bits per heavy atom. The van der Waals surface area contributed by atoms with Gasteiger partial charge in [-0.25, -0.2) is 0 Å². The number of benzene rings is 1. The first-order valence-corrected chi connectivity index (χ1v) is 6.80. The molecule has 2 rings (SSSR count). The molecule has 0 unspecified atom stereocenters. The van der Waals surface area contributed by atoms with E-state index in [1.165, 1.54) is 0 Å². The van der Waals surface area contributed by atoms with Crippen molar-refractivity contribution < 1.29 is 4.79 Å². The van der Waals surface area contributed by atoms with E-state index in [0.29, 0.717) is 10.6 Å². The van der Waals surface area contributed by atoms with Gasteiger partial charge in [-0.1, -0.05) is 11.6 Å². The number of amides is 1. The van der Waals surface area contributed by atoms with Crippen molar-refractivity contribution in [1.29, 1.82) is 0 Å². The standard InChI is InChI=1S/C12H14BrClN2O.ClH/c13-11-4-3-8(14)6-10(11)12(17)16-9-2-1-5-15-7-9;/h3-4,6,9,15H,1-2,5,7H2,(H,16,17);1H/t9-;/m1./s1. The highest BCUT2D eigenvalue weighted by Gasteiger charge is 2.17. The average molecular weight is 354 g/mol. The maximum atomic E-state index is 12.1. The number of nitrogens with one attached hydrogen (secondary N) is 2. The molecular weight excluding hydrogens is 339 g/mol. The summed E-state index contributed by atoms with van der Waals surface area (Å²) < 4.78 is 0.767. The number of carbonyl (C=O) groups excluding carboxylic acids is 1. The van der Waals surface area contributed by atoms with Gasteiger partial charge in [0.25, 0.3) is 5.91 Å². The zero-order valence-electron chi connectivity index (χ0n) is 9.71. The van der Waals surface area contributed by atoms with Crippen LogP contribution in [0.25, 0.3) is 0 Å². The molecule has 3 nitrogen and oxygen atoms in total. The SMILES string of the molecule is Cl.O=C(N[C@@H]1CCCNC1)c1cc(Cl)ccc1Br. The van der Waals surface area contributed by atoms with E-state index in [-0.39, 0.29) is 24.4 Å². The fraction of sp³-hybridized carbons (Fsp3) is 0.417. The van der Waals surface area contributed by atoms with Gasteiger partial charge in [-0.3, -0.25) is 4.79 Å². The van der Waals surface area contributed by atoms with Gasteiger partial charge in [0.05, 0.1) is 5.56 Å². The molecule has 1 saturated heterocycles. The molecule has 0 spiro atoms. The lowest BCUT2D eigenvalue weighted by Crippen LogP contribution is -2.45. The van der Waals surface area contributed by atoms with Crippen molar-refractivity contribution in [2.24, 2.45) is 0 Å². The topological polar surface area (TPSA) is 41.1 Å². The van der Waals surface area contributed by atoms with Gasteiger partial charge in [-0.2, -0.15) is 0 Å². The van der Waals surface area contributed by atoms with E-state index in [0.717, 1.165) is 30.4 Å². The lowest BCUT2D eigenvalue weighted by atomic mass is 10.1. The van der Waals surface area contributed by atoms with E-state index in [1.54, 1.807) is 18.2 Å². The summed E-state index contributed by atoms with van der Waals surface area (Å²) in [5.74, 6) is -0.0759. The second-order valence-corrected chi connectivity index (χ2v) is 5.43. The summed E-state index contributed by atoms with van der Waals surface area (Å²) >= 11 is 9.25. The molecule has 0 saturated carbocycles. The molecule has 1 heterocycles. The second kappa shape index (κ2) is 7.34. The second-order valence-electron chi connectivity index (χ2n) is 4.14. The average Bonchev–Trinajstić information content (AvgIpc) is 2.33. The van der Waals surface area contributed by atoms with Crippen LogP contribution in [-0.2, 0) is 0 Å². The molecule has 0 aromatic heterocycles. The third-order valence-electron chi connectivity index (χ3n) is 2.81. The fourth-order valence-electron chi connectivity index (χ4n) is 1.91. The molecular formula is C12H15BrCl2N2O. The monoisotopic (exact) mass is 352 g/mol. The molecule has 1 aromatic rings. The Labute approximate surface area is 126 Å². The minimum absolute atomic E-state index is 0. The van der Waals surface area contributed by atoms with Crippen LogP contribution in [0.3, 0.4) is 0 Å². The Morgan fingerprint density at radius 2 is 2.28 bits per heavy atom. The summed E-state index contributed by atoms with van der Waals surface area (Å²) in [5, 5.41) is 6.85. The van der Waals surface area contributed by atoms with Gasteiger partial charge in [0.15, 0.2) is 0 Å². The summed E-state index contributed by atoms with van der Waals surface area (Å²) in [4.78, 5) is 12.1. The Balaban J connectivity index is 0.00000162. The Morgan fingerprint density at radius 1 is 1.50 bits per heavy atom. The summed E-state index contributed by atoms with van der Waals surface area (Å²) in [5.41, 5.74) is 0.586. The van der Waals surface area contributed by atoms with E-state index in [1.807, 2.05) is 0 Å². The molecule has 1 aromatic carbocycles. The minimum Gasteiger partial charge on any atom is -0.348 e. The first-order valence-electron chi connectivity index (χ1n) is 5.63. The predicted octanol–water partition coefficient (Wildman–Crippen LogP) is 3.01. The highest BCUT2D eigenvalue weighted by atomic mass is 79.9. The van der Waals surface area contributed by atoms with Gasteiger partial charge in [-0.05, 0) is 53.5 Å². The predicted molar refractivity (Wildman–Crippen MR) is 79.8 cm³/mol. The van der Waals surface area contributed by atoms with Crippen molar-refractivity contribution in [3.05, 3.63) is 33.3 Å². The van der Waals surface area contributed by atoms with E-state index in [2.05, 4.69) is 26.6 Å². The zero-order chi connectivity index (χ0) is 12.3. The van der Waals surface area contributed by atoms with E-state index < -0.39 is 0 Å². The normalized spacial score (nSPS) is 18.9. The molecule has 6 heteroatoms. The number of rotatable bonds is 2. The molecule has 1 atom stereocenters. The van der Waals surface area contributed by atoms with Crippen molar-refractivity contribution in [1.82, 2.24) is 10.6 Å². The van der Waals surface area contributed by atoms with Gasteiger partial charge >= 0.3 is 0 Å². The number of hydrogen-bond acceptors (Lipinski definition) is 2. The van der Waals surface area contributed by atoms with Crippen molar-refractivity contribution in [2.75, 3.05) is 13.1 Å². The fourth-order valence-corrected chi connectivity index (χ4v) is 2.51. The lowest BCUT2D eigenvalue weighted by molar-refractivity contribution is 0.0930. The molecule has 100 valence electrons. The summed E-state index contributed by atoms with van der Waals surface area (Å²) in [6.45, 7) is 1.87. The zero-order valence-corrected chi connectivity index (χ0v) is 12.9. The summed E-state index contributed by atoms with van der Waals surface area (Å²) in [6.07, 6.45) is 2.12. The maximum absolute atomic E-state index is 12.1. The number of hydrogen-bond donors (Lipinski definition) is 2. The van der Waals surface area contributed by atoms with E-state index >= 15 is 0 Å². The van der Waals surface area contributed by atoms with Gasteiger partial charge < -0.3 is 10.6 Å². The molecule has 18 heavy (non-hydrogen) atoms. The minimum atomic E-state index is -0.0759. The van der Waals surface area contributed by atoms with Crippen LogP contribution >= 0.6 is 39.9 Å². The van der Waals surface area contributed by atoms with Gasteiger partial charge in [-0.15, -0.1) is 12.4 Å². The third kappa shape index (κ3) is 4.12. The maximum Gasteiger partial charge on any atom is 0.252 e. The van der Waals surface area contributed by atoms with Crippen molar-refractivity contribution >= 4 is 45.8 Å². The van der Waals surface area contributed by atoms with E-state index in [9.17, 15) is 4.79 Å². The van der Waals surface area contributed by atoms with E-state index in [4.69, 9.17) is 11.6 Å². The van der Waals surface area contributed by atoms with Crippen molar-refractivity contribution in [3.8, 4) is 0 Å². The van der Waals surface area contributed by atoms with Crippen LogP contribution in [-0.4, -0.2) is 25.0 Å². The van der Waals surface area contributed by atoms with Crippen LogP contribution in [0.1, 0.15) is 23.2 Å². The summed E-state index contributed by atoms with van der Waals surface area (Å²) in [6, 6.07) is 5.43. The number of halogens is 3. The summed E-state index contributed by atoms with van der Waals surface area (Å²) in [7, 11) is 0. The Hall–Kier alpha value is -0.290. The van der Waals surface area contributed by atoms with Crippen LogP contribution in [0.2, 0.25) is 5.02 Å². The van der Waals surface area contributed by atoms with Crippen LogP contribution in [0.5, 0.6) is 0 Å². The molecule has 1 aliphatic rings. The van der Waals surface area contributed by atoms with Gasteiger partial charge in [0.1, 0.15) is 0 Å². The third-order valence-corrected chi connectivity index (χ3v) is 3.73. The molecule has 1 amide bonds. The molecule has 0 radical (unpaired) electrons. The Bertz CT molecular complexity index is 423. The van der Waals surface area contributed by atoms with Gasteiger partial charge in [0.2, 0.25) is 0 Å². The van der Waals surface area contributed by atoms with Crippen LogP contribution < -0.4 is 10.6 Å². The largest absolute Gasteiger partial charge is 0.348 e. The molecule has 1 fully saturated rings. The highest BCUT2D eigenvalue weighted by molar-refractivity contribution is 9.10. The first-order chi connectivity index (χ1) is 8.16. The molecule has 2 N–H and O–H groups in total. The lowest BCUT2D eigenvalue weighted by Gasteiger charge is -2.24. The van der Waals surface area contributed by atoms with Gasteiger partial charge in [0, 0.05) is 22.1 Å².